The largest absolute Gasteiger partial charge is 0.496 e. The lowest BCUT2D eigenvalue weighted by molar-refractivity contribution is -0.132. The number of nitrogens with zero attached hydrogens (tertiary/aromatic N) is 2. The van der Waals surface area contributed by atoms with Gasteiger partial charge in [-0.3, -0.25) is 19.4 Å². The molecule has 11 nitrogen and oxygen atoms in total. The predicted molar refractivity (Wildman–Crippen MR) is 174 cm³/mol. The molecule has 1 aromatic heterocycles. The number of carbonyl (C=O) groups is 3. The maximum Gasteiger partial charge on any atom is 0.260 e. The zero-order valence-electron chi connectivity index (χ0n) is 26.4. The van der Waals surface area contributed by atoms with E-state index in [-0.39, 0.29) is 50.6 Å². The average molecular weight is 637 g/mol. The minimum absolute atomic E-state index is 0.152. The summed E-state index contributed by atoms with van der Waals surface area (Å²) in [5.74, 6) is 1.28. The highest BCUT2D eigenvalue weighted by Gasteiger charge is 2.38. The molecule has 0 unspecified atom stereocenters. The number of nitrogens with one attached hydrogen (secondary N) is 2. The minimum Gasteiger partial charge on any atom is -0.496 e. The molecule has 4 heterocycles. The van der Waals surface area contributed by atoms with E-state index in [2.05, 4.69) is 15.6 Å². The van der Waals surface area contributed by atoms with Crippen molar-refractivity contribution in [1.82, 2.24) is 20.5 Å². The van der Waals surface area contributed by atoms with Crippen LogP contribution in [-0.4, -0.2) is 73.2 Å². The summed E-state index contributed by atoms with van der Waals surface area (Å²) in [6.45, 7) is 4.28. The van der Waals surface area contributed by atoms with Crippen LogP contribution in [0.25, 0.3) is 11.1 Å². The number of methoxy groups -OCH3 is 1. The molecule has 47 heavy (non-hydrogen) atoms. The van der Waals surface area contributed by atoms with Gasteiger partial charge in [0, 0.05) is 42.7 Å². The Hall–Kier alpha value is -5.58. The molecule has 0 aliphatic carbocycles. The van der Waals surface area contributed by atoms with Gasteiger partial charge >= 0.3 is 0 Å². The number of hydrogen-bond acceptors (Lipinski definition) is 8. The van der Waals surface area contributed by atoms with E-state index < -0.39 is 12.1 Å². The summed E-state index contributed by atoms with van der Waals surface area (Å²) in [6, 6.07) is 19.4. The number of hydrogen-bond donors (Lipinski definition) is 2. The zero-order chi connectivity index (χ0) is 32.9. The summed E-state index contributed by atoms with van der Waals surface area (Å²) >= 11 is 0. The van der Waals surface area contributed by atoms with Gasteiger partial charge in [0.1, 0.15) is 29.1 Å². The number of carbonyl (C=O) groups excluding carboxylic acids is 3. The number of ether oxygens (including phenoxy) is 4. The molecule has 242 valence electrons. The van der Waals surface area contributed by atoms with Crippen LogP contribution >= 0.6 is 0 Å². The van der Waals surface area contributed by atoms with E-state index >= 15 is 0 Å². The van der Waals surface area contributed by atoms with E-state index in [0.717, 1.165) is 22.3 Å². The third-order valence-corrected chi connectivity index (χ3v) is 8.40. The van der Waals surface area contributed by atoms with Crippen LogP contribution in [0.15, 0.2) is 79.1 Å². The fraction of sp³-hybridized carbons (Fsp3) is 0.278. The lowest BCUT2D eigenvalue weighted by Gasteiger charge is -2.22. The van der Waals surface area contributed by atoms with Crippen molar-refractivity contribution in [2.75, 3.05) is 33.4 Å². The van der Waals surface area contributed by atoms with Gasteiger partial charge in [-0.15, -0.1) is 0 Å². The molecule has 2 N–H and O–H groups in total. The van der Waals surface area contributed by atoms with Crippen molar-refractivity contribution in [2.45, 2.75) is 32.5 Å². The lowest BCUT2D eigenvalue weighted by atomic mass is 10.1. The number of aryl methyl sites for hydroxylation is 1. The van der Waals surface area contributed by atoms with Crippen LogP contribution in [0.2, 0.25) is 0 Å². The fourth-order valence-corrected chi connectivity index (χ4v) is 5.60. The Kier molecular flexibility index (Phi) is 9.23. The number of fused-ring (bicyclic) bond motifs is 7. The molecule has 0 radical (unpaired) electrons. The molecule has 3 aromatic carbocycles. The normalized spacial score (nSPS) is 17.8. The van der Waals surface area contributed by atoms with Gasteiger partial charge in [0.15, 0.2) is 13.2 Å². The zero-order valence-corrected chi connectivity index (χ0v) is 26.4. The molecular formula is C36H36N4O7. The number of aromatic nitrogens is 1. The molecule has 4 aromatic rings. The monoisotopic (exact) mass is 636 g/mol. The summed E-state index contributed by atoms with van der Waals surface area (Å²) in [6.07, 6.45) is 2.57. The van der Waals surface area contributed by atoms with E-state index in [4.69, 9.17) is 18.9 Å². The van der Waals surface area contributed by atoms with Gasteiger partial charge in [0.2, 0.25) is 0 Å². The van der Waals surface area contributed by atoms with Gasteiger partial charge < -0.3 is 34.5 Å². The van der Waals surface area contributed by atoms with E-state index in [9.17, 15) is 14.4 Å². The Bertz CT molecular complexity index is 1810. The quantitative estimate of drug-likeness (QED) is 0.346. The highest BCUT2D eigenvalue weighted by Crippen LogP contribution is 2.29. The Balaban J connectivity index is 1.28. The molecule has 11 heteroatoms. The molecule has 3 aliphatic rings. The van der Waals surface area contributed by atoms with E-state index in [1.807, 2.05) is 44.2 Å². The summed E-state index contributed by atoms with van der Waals surface area (Å²) < 4.78 is 23.6. The lowest BCUT2D eigenvalue weighted by Crippen LogP contribution is -2.45. The molecule has 7 rings (SSSR count). The number of pyridine rings is 1. The molecule has 1 fully saturated rings. The maximum absolute atomic E-state index is 13.6. The van der Waals surface area contributed by atoms with Gasteiger partial charge in [0.05, 0.1) is 25.3 Å². The van der Waals surface area contributed by atoms with Crippen molar-refractivity contribution in [1.29, 1.82) is 0 Å². The van der Waals surface area contributed by atoms with Crippen LogP contribution < -0.4 is 29.6 Å². The number of benzene rings is 3. The molecule has 0 spiro atoms. The standard InChI is InChI=1S/C36H36N4O7/c1-22-6-4-9-31(23(22)2)46-21-35(42)40-18-30-33(19-40)47-29-11-10-25(32(14-29)44-3)17-38-34(41)20-45-28-8-5-7-24(13-28)26-12-27(16-37-15-26)36(43)39-30/h4-16,30,33H,17-21H2,1-3H3,(H,38,41)(H,39,43)/t30-,33-/m0/s1. The van der Waals surface area contributed by atoms with Crippen molar-refractivity contribution in [3.05, 3.63) is 101 Å². The first kappa shape index (κ1) is 31.4. The molecule has 1 saturated heterocycles. The van der Waals surface area contributed by atoms with Gasteiger partial charge in [-0.05, 0) is 66.9 Å². The second-order valence-electron chi connectivity index (χ2n) is 11.6. The van der Waals surface area contributed by atoms with Crippen molar-refractivity contribution in [3.8, 4) is 34.1 Å². The first-order valence-corrected chi connectivity index (χ1v) is 15.3. The molecule has 3 aliphatic heterocycles. The first-order valence-electron chi connectivity index (χ1n) is 15.3. The van der Waals surface area contributed by atoms with Crippen LogP contribution in [0.5, 0.6) is 23.0 Å². The highest BCUT2D eigenvalue weighted by atomic mass is 16.5. The Morgan fingerprint density at radius 1 is 0.936 bits per heavy atom. The second-order valence-corrected chi connectivity index (χ2v) is 11.6. The molecule has 2 atom stereocenters. The van der Waals surface area contributed by atoms with Crippen molar-refractivity contribution in [3.63, 3.8) is 0 Å². The van der Waals surface area contributed by atoms with Crippen molar-refractivity contribution in [2.24, 2.45) is 0 Å². The van der Waals surface area contributed by atoms with Crippen molar-refractivity contribution < 1.29 is 33.3 Å². The number of likely N-dealkylation sites (tertiary alicyclic amines) is 1. The fourth-order valence-electron chi connectivity index (χ4n) is 5.60. The molecular weight excluding hydrogens is 600 g/mol. The summed E-state index contributed by atoms with van der Waals surface area (Å²) in [5.41, 5.74) is 4.60. The topological polar surface area (TPSA) is 128 Å². The predicted octanol–water partition coefficient (Wildman–Crippen LogP) is 3.85. The Morgan fingerprint density at radius 2 is 1.77 bits per heavy atom. The first-order chi connectivity index (χ1) is 22.8. The molecule has 0 saturated carbocycles. The molecule has 6 bridgehead atoms. The van der Waals surface area contributed by atoms with Gasteiger partial charge in [-0.1, -0.05) is 24.3 Å². The summed E-state index contributed by atoms with van der Waals surface area (Å²) in [7, 11) is 1.54. The van der Waals surface area contributed by atoms with Gasteiger partial charge in [-0.25, -0.2) is 0 Å². The molecule has 3 amide bonds. The van der Waals surface area contributed by atoms with E-state index in [1.165, 1.54) is 13.3 Å². The summed E-state index contributed by atoms with van der Waals surface area (Å²) in [4.78, 5) is 45.5. The number of rotatable bonds is 4. The second kappa shape index (κ2) is 13.8. The third-order valence-electron chi connectivity index (χ3n) is 8.40. The summed E-state index contributed by atoms with van der Waals surface area (Å²) in [5, 5.41) is 5.94. The van der Waals surface area contributed by atoms with Crippen LogP contribution in [0.1, 0.15) is 27.0 Å². The van der Waals surface area contributed by atoms with Crippen LogP contribution in [-0.2, 0) is 16.1 Å². The maximum atomic E-state index is 13.6. The van der Waals surface area contributed by atoms with Crippen LogP contribution in [0.4, 0.5) is 0 Å². The van der Waals surface area contributed by atoms with Crippen molar-refractivity contribution >= 4 is 17.7 Å². The highest BCUT2D eigenvalue weighted by molar-refractivity contribution is 5.95. The van der Waals surface area contributed by atoms with E-state index in [1.54, 1.807) is 47.5 Å². The number of amides is 3. The van der Waals surface area contributed by atoms with E-state index in [0.29, 0.717) is 34.1 Å². The Labute approximate surface area is 272 Å². The minimum atomic E-state index is -0.575. The average Bonchev–Trinajstić information content (AvgIpc) is 3.48. The SMILES string of the molecule is COc1cc2ccc1CNC(=O)COc1cccc(c1)-c1cncc(c1)C(=O)N[C@H]1CN(C(=O)COc3cccc(C)c3C)C[C@@H]1O2. The third kappa shape index (κ3) is 7.30. The van der Waals surface area contributed by atoms with Gasteiger partial charge in [-0.2, -0.15) is 0 Å². The van der Waals surface area contributed by atoms with Gasteiger partial charge in [0.25, 0.3) is 17.7 Å². The Morgan fingerprint density at radius 3 is 2.62 bits per heavy atom. The smallest absolute Gasteiger partial charge is 0.260 e. The van der Waals surface area contributed by atoms with Crippen LogP contribution in [0.3, 0.4) is 0 Å². The van der Waals surface area contributed by atoms with Crippen LogP contribution in [0, 0.1) is 13.8 Å².